The predicted octanol–water partition coefficient (Wildman–Crippen LogP) is 3.75. The van der Waals surface area contributed by atoms with Gasteiger partial charge in [0.05, 0.1) is 13.8 Å². The molecule has 2 heterocycles. The maximum Gasteiger partial charge on any atom is 0.253 e. The predicted molar refractivity (Wildman–Crippen MR) is 141 cm³/mol. The smallest absolute Gasteiger partial charge is 0.253 e. The highest BCUT2D eigenvalue weighted by atomic mass is 19.1. The van der Waals surface area contributed by atoms with Gasteiger partial charge < -0.3 is 24.8 Å². The molecule has 9 heteroatoms. The van der Waals surface area contributed by atoms with E-state index in [-0.39, 0.29) is 36.5 Å². The van der Waals surface area contributed by atoms with E-state index in [4.69, 9.17) is 4.74 Å². The Kier molecular flexibility index (Phi) is 7.00. The van der Waals surface area contributed by atoms with E-state index in [1.165, 1.54) is 18.2 Å². The topological polar surface area (TPSA) is 82.2 Å². The lowest BCUT2D eigenvalue weighted by Crippen LogP contribution is -2.57. The number of hydrogen-bond donors (Lipinski definition) is 1. The Morgan fingerprint density at radius 2 is 1.71 bits per heavy atom. The summed E-state index contributed by atoms with van der Waals surface area (Å²) in [6.45, 7) is 0.835. The maximum atomic E-state index is 13.9. The summed E-state index contributed by atoms with van der Waals surface area (Å²) in [5, 5.41) is 2.84. The molecular formula is C29H29FN4O4. The van der Waals surface area contributed by atoms with Gasteiger partial charge in [0.25, 0.3) is 11.8 Å². The summed E-state index contributed by atoms with van der Waals surface area (Å²) in [6, 6.07) is 22.3. The molecule has 3 aromatic rings. The van der Waals surface area contributed by atoms with E-state index in [9.17, 15) is 18.8 Å². The molecule has 0 atom stereocenters. The van der Waals surface area contributed by atoms with Crippen molar-refractivity contribution in [2.75, 3.05) is 43.6 Å². The molecule has 1 spiro atoms. The molecule has 3 amide bonds. The first-order valence-electron chi connectivity index (χ1n) is 12.5. The summed E-state index contributed by atoms with van der Waals surface area (Å²) in [5.41, 5.74) is 0.867. The summed E-state index contributed by atoms with van der Waals surface area (Å²) < 4.78 is 18.9. The number of piperidine rings is 1. The standard InChI is InChI=1S/C29H29FN4O4/c1-38-25-12-6-9-23(18-25)31-26(35)19-33-20-34(24-10-3-2-4-11-24)29(28(33)37)13-15-32(16-14-29)27(36)21-7-5-8-22(30)17-21/h2-12,17-18H,13-16,19-20H2,1H3,(H,31,35). The van der Waals surface area contributed by atoms with Crippen LogP contribution in [0.1, 0.15) is 23.2 Å². The number of ether oxygens (including phenoxy) is 1. The molecule has 1 N–H and O–H groups in total. The largest absolute Gasteiger partial charge is 0.497 e. The van der Waals surface area contributed by atoms with Gasteiger partial charge in [0.15, 0.2) is 0 Å². The van der Waals surface area contributed by atoms with Crippen molar-refractivity contribution < 1.29 is 23.5 Å². The van der Waals surface area contributed by atoms with Gasteiger partial charge in [-0.25, -0.2) is 4.39 Å². The highest BCUT2D eigenvalue weighted by Crippen LogP contribution is 2.39. The normalized spacial score (nSPS) is 16.6. The van der Waals surface area contributed by atoms with Gasteiger partial charge in [-0.05, 0) is 55.3 Å². The fourth-order valence-electron chi connectivity index (χ4n) is 5.28. The maximum absolute atomic E-state index is 13.9. The number of likely N-dealkylation sites (tertiary alicyclic amines) is 1. The number of nitrogens with zero attached hydrogens (tertiary/aromatic N) is 3. The van der Waals surface area contributed by atoms with Gasteiger partial charge in [0.1, 0.15) is 23.7 Å². The SMILES string of the molecule is COc1cccc(NC(=O)CN2CN(c3ccccc3)C3(CCN(C(=O)c4cccc(F)c4)CC3)C2=O)c1. The van der Waals surface area contributed by atoms with Crippen LogP contribution in [-0.2, 0) is 9.59 Å². The number of benzene rings is 3. The molecule has 0 aliphatic carbocycles. The molecule has 5 rings (SSSR count). The lowest BCUT2D eigenvalue weighted by atomic mass is 9.85. The van der Waals surface area contributed by atoms with Crippen molar-refractivity contribution in [3.05, 3.63) is 90.2 Å². The minimum absolute atomic E-state index is 0.104. The number of anilines is 2. The van der Waals surface area contributed by atoms with Crippen molar-refractivity contribution in [3.63, 3.8) is 0 Å². The molecule has 0 bridgehead atoms. The second kappa shape index (κ2) is 10.5. The van der Waals surface area contributed by atoms with Gasteiger partial charge in [-0.3, -0.25) is 14.4 Å². The molecule has 2 aliphatic heterocycles. The Balaban J connectivity index is 1.33. The van der Waals surface area contributed by atoms with Crippen LogP contribution in [0.3, 0.4) is 0 Å². The highest BCUT2D eigenvalue weighted by molar-refractivity contribution is 6.00. The van der Waals surface area contributed by atoms with Crippen molar-refractivity contribution in [1.29, 1.82) is 0 Å². The van der Waals surface area contributed by atoms with Gasteiger partial charge in [0, 0.05) is 36.1 Å². The van der Waals surface area contributed by atoms with Crippen molar-refractivity contribution in [2.45, 2.75) is 18.4 Å². The molecule has 0 unspecified atom stereocenters. The Morgan fingerprint density at radius 1 is 0.974 bits per heavy atom. The average Bonchev–Trinajstić information content (AvgIpc) is 3.19. The molecular weight excluding hydrogens is 487 g/mol. The monoisotopic (exact) mass is 516 g/mol. The molecule has 3 aromatic carbocycles. The molecule has 2 saturated heterocycles. The number of nitrogens with one attached hydrogen (secondary N) is 1. The minimum Gasteiger partial charge on any atom is -0.497 e. The van der Waals surface area contributed by atoms with Crippen LogP contribution in [0, 0.1) is 5.82 Å². The molecule has 0 saturated carbocycles. The number of carbonyl (C=O) groups is 3. The number of halogens is 1. The number of para-hydroxylation sites is 1. The van der Waals surface area contributed by atoms with E-state index in [1.54, 1.807) is 47.2 Å². The van der Waals surface area contributed by atoms with Gasteiger partial charge in [-0.2, -0.15) is 0 Å². The third-order valence-corrected chi connectivity index (χ3v) is 7.22. The van der Waals surface area contributed by atoms with Crippen LogP contribution in [0.4, 0.5) is 15.8 Å². The third-order valence-electron chi connectivity index (χ3n) is 7.22. The van der Waals surface area contributed by atoms with E-state index in [0.717, 1.165) is 5.69 Å². The Hall–Kier alpha value is -4.40. The van der Waals surface area contributed by atoms with E-state index in [1.807, 2.05) is 35.2 Å². The first-order chi connectivity index (χ1) is 18.4. The highest BCUT2D eigenvalue weighted by Gasteiger charge is 2.54. The van der Waals surface area contributed by atoms with Crippen LogP contribution in [0.15, 0.2) is 78.9 Å². The Labute approximate surface area is 220 Å². The molecule has 196 valence electrons. The zero-order valence-electron chi connectivity index (χ0n) is 21.1. The number of carbonyl (C=O) groups excluding carboxylic acids is 3. The average molecular weight is 517 g/mol. The lowest BCUT2D eigenvalue weighted by Gasteiger charge is -2.43. The lowest BCUT2D eigenvalue weighted by molar-refractivity contribution is -0.136. The summed E-state index contributed by atoms with van der Waals surface area (Å²) in [5.74, 6) is -0.553. The van der Waals surface area contributed by atoms with Crippen LogP contribution >= 0.6 is 0 Å². The second-order valence-electron chi connectivity index (χ2n) is 9.52. The molecule has 38 heavy (non-hydrogen) atoms. The van der Waals surface area contributed by atoms with E-state index >= 15 is 0 Å². The van der Waals surface area contributed by atoms with Crippen molar-refractivity contribution in [1.82, 2.24) is 9.80 Å². The second-order valence-corrected chi connectivity index (χ2v) is 9.52. The van der Waals surface area contributed by atoms with Crippen LogP contribution < -0.4 is 15.0 Å². The van der Waals surface area contributed by atoms with E-state index in [0.29, 0.717) is 37.4 Å². The molecule has 2 fully saturated rings. The summed E-state index contributed by atoms with van der Waals surface area (Å²) >= 11 is 0. The summed E-state index contributed by atoms with van der Waals surface area (Å²) in [4.78, 5) is 45.1. The Morgan fingerprint density at radius 3 is 2.42 bits per heavy atom. The van der Waals surface area contributed by atoms with E-state index < -0.39 is 11.4 Å². The van der Waals surface area contributed by atoms with Crippen LogP contribution in [-0.4, -0.2) is 66.5 Å². The van der Waals surface area contributed by atoms with Crippen LogP contribution in [0.2, 0.25) is 0 Å². The molecule has 0 aromatic heterocycles. The van der Waals surface area contributed by atoms with Gasteiger partial charge >= 0.3 is 0 Å². The molecule has 0 radical (unpaired) electrons. The fraction of sp³-hybridized carbons (Fsp3) is 0.276. The quantitative estimate of drug-likeness (QED) is 0.540. The van der Waals surface area contributed by atoms with Crippen LogP contribution in [0.5, 0.6) is 5.75 Å². The summed E-state index contributed by atoms with van der Waals surface area (Å²) in [7, 11) is 1.55. The van der Waals surface area contributed by atoms with Gasteiger partial charge in [0.2, 0.25) is 5.91 Å². The minimum atomic E-state index is -0.879. The van der Waals surface area contributed by atoms with Crippen molar-refractivity contribution >= 4 is 29.1 Å². The van der Waals surface area contributed by atoms with Crippen molar-refractivity contribution in [2.24, 2.45) is 0 Å². The fourth-order valence-corrected chi connectivity index (χ4v) is 5.28. The number of methoxy groups -OCH3 is 1. The first kappa shape index (κ1) is 25.3. The number of rotatable bonds is 6. The molecule has 8 nitrogen and oxygen atoms in total. The number of amides is 3. The van der Waals surface area contributed by atoms with Crippen LogP contribution in [0.25, 0.3) is 0 Å². The Bertz CT molecular complexity index is 1340. The van der Waals surface area contributed by atoms with Gasteiger partial charge in [-0.1, -0.05) is 30.3 Å². The number of hydrogen-bond acceptors (Lipinski definition) is 5. The zero-order chi connectivity index (χ0) is 26.7. The third kappa shape index (κ3) is 4.91. The zero-order valence-corrected chi connectivity index (χ0v) is 21.1. The van der Waals surface area contributed by atoms with Gasteiger partial charge in [-0.15, -0.1) is 0 Å². The van der Waals surface area contributed by atoms with Crippen molar-refractivity contribution in [3.8, 4) is 5.75 Å². The first-order valence-corrected chi connectivity index (χ1v) is 12.5. The summed E-state index contributed by atoms with van der Waals surface area (Å²) in [6.07, 6.45) is 0.797. The molecule has 2 aliphatic rings. The van der Waals surface area contributed by atoms with E-state index in [2.05, 4.69) is 5.32 Å².